The highest BCUT2D eigenvalue weighted by Gasteiger charge is 2.40. The first kappa shape index (κ1) is 47.4. The first-order valence-electron chi connectivity index (χ1n) is 22.6. The van der Waals surface area contributed by atoms with Crippen LogP contribution in [0.15, 0.2) is 91.3 Å². The van der Waals surface area contributed by atoms with Gasteiger partial charge in [-0.1, -0.05) is 71.7 Å². The first-order valence-corrected chi connectivity index (χ1v) is 24.4. The number of benzene rings is 3. The maximum Gasteiger partial charge on any atom is 0.408 e. The lowest BCUT2D eigenvalue weighted by molar-refractivity contribution is -0.151. The number of alkyl carbamates (subject to hydrolysis) is 1. The molecule has 1 saturated carbocycles. The number of aromatic nitrogens is 3. The van der Waals surface area contributed by atoms with E-state index in [0.29, 0.717) is 46.8 Å². The zero-order valence-electron chi connectivity index (χ0n) is 37.1. The molecule has 5 aliphatic rings. The van der Waals surface area contributed by atoms with Crippen molar-refractivity contribution < 1.29 is 46.8 Å². The van der Waals surface area contributed by atoms with Gasteiger partial charge in [0.15, 0.2) is 22.6 Å². The fraction of sp³-hybridized carbons (Fsp3) is 0.408. The summed E-state index contributed by atoms with van der Waals surface area (Å²) in [4.78, 5) is 49.5. The molecule has 4 aliphatic heterocycles. The molecule has 68 heavy (non-hydrogen) atoms. The van der Waals surface area contributed by atoms with E-state index in [0.717, 1.165) is 56.4 Å². The third kappa shape index (κ3) is 11.4. The molecule has 5 aromatic rings. The zero-order chi connectivity index (χ0) is 47.3. The molecular weight excluding hydrogens is 942 g/mol. The Morgan fingerprint density at radius 1 is 0.868 bits per heavy atom. The summed E-state index contributed by atoms with van der Waals surface area (Å²) in [6.07, 6.45) is 5.17. The van der Waals surface area contributed by atoms with Gasteiger partial charge in [-0.05, 0) is 103 Å². The van der Waals surface area contributed by atoms with Crippen molar-refractivity contribution in [2.45, 2.75) is 68.9 Å². The quantitative estimate of drug-likeness (QED) is 0.0836. The van der Waals surface area contributed by atoms with Gasteiger partial charge in [-0.15, -0.1) is 11.8 Å². The molecule has 0 spiro atoms. The van der Waals surface area contributed by atoms with Crippen LogP contribution >= 0.6 is 35.0 Å². The van der Waals surface area contributed by atoms with E-state index >= 15 is 0 Å². The minimum Gasteiger partial charge on any atom is -0.489 e. The molecule has 2 amide bonds. The van der Waals surface area contributed by atoms with Crippen molar-refractivity contribution >= 4 is 52.9 Å². The number of nitrogens with one attached hydrogen (secondary N) is 1. The third-order valence-corrected chi connectivity index (χ3v) is 14.5. The summed E-state index contributed by atoms with van der Waals surface area (Å²) < 4.78 is 57.5. The predicted octanol–water partition coefficient (Wildman–Crippen LogP) is 9.04. The van der Waals surface area contributed by atoms with Crippen LogP contribution in [0.1, 0.15) is 76.3 Å². The van der Waals surface area contributed by atoms with Crippen LogP contribution in [0.4, 0.5) is 13.6 Å². The van der Waals surface area contributed by atoms with Crippen molar-refractivity contribution in [2.75, 3.05) is 38.5 Å². The van der Waals surface area contributed by atoms with Gasteiger partial charge in [0.1, 0.15) is 24.6 Å². The molecule has 14 nitrogen and oxygen atoms in total. The van der Waals surface area contributed by atoms with E-state index < -0.39 is 42.1 Å². The van der Waals surface area contributed by atoms with E-state index in [1.165, 1.54) is 47.3 Å². The Labute approximate surface area is 406 Å². The van der Waals surface area contributed by atoms with Gasteiger partial charge in [-0.3, -0.25) is 19.4 Å². The van der Waals surface area contributed by atoms with Gasteiger partial charge in [-0.25, -0.2) is 9.59 Å². The Kier molecular flexibility index (Phi) is 14.9. The lowest BCUT2D eigenvalue weighted by atomic mass is 9.86. The maximum absolute atomic E-state index is 14.2. The molecule has 10 rings (SSSR count). The number of nitrogens with zero attached hydrogens (tertiary/aromatic N) is 5. The Hall–Kier alpha value is -5.62. The topological polar surface area (TPSA) is 147 Å². The van der Waals surface area contributed by atoms with Gasteiger partial charge >= 0.3 is 18.7 Å². The lowest BCUT2D eigenvalue weighted by Gasteiger charge is -2.43. The van der Waals surface area contributed by atoms with Crippen molar-refractivity contribution in [1.82, 2.24) is 29.9 Å². The number of thioether (sulfide) groups is 1. The van der Waals surface area contributed by atoms with Gasteiger partial charge in [-0.2, -0.15) is 13.9 Å². The molecule has 5 fully saturated rings. The zero-order valence-corrected chi connectivity index (χ0v) is 39.4. The van der Waals surface area contributed by atoms with Crippen LogP contribution in [0.2, 0.25) is 10.0 Å². The highest BCUT2D eigenvalue weighted by molar-refractivity contribution is 8.00. The van der Waals surface area contributed by atoms with Crippen LogP contribution in [0, 0.1) is 11.8 Å². The number of amides is 2. The first-order chi connectivity index (χ1) is 32.9. The number of alkyl halides is 2. The second kappa shape index (κ2) is 21.3. The summed E-state index contributed by atoms with van der Waals surface area (Å²) in [6.45, 7) is 0.365. The Morgan fingerprint density at radius 2 is 1.63 bits per heavy atom. The van der Waals surface area contributed by atoms with Gasteiger partial charge in [0, 0.05) is 44.7 Å². The average Bonchev–Trinajstić information content (AvgIpc) is 3.90. The number of fused-ring (bicyclic) bond motifs is 3. The monoisotopic (exact) mass is 990 g/mol. The van der Waals surface area contributed by atoms with Crippen LogP contribution in [0.5, 0.6) is 17.2 Å². The average molecular weight is 992 g/mol. The van der Waals surface area contributed by atoms with Crippen molar-refractivity contribution in [3.8, 4) is 17.2 Å². The summed E-state index contributed by atoms with van der Waals surface area (Å²) in [7, 11) is 1.70. The van der Waals surface area contributed by atoms with Crippen LogP contribution in [0.25, 0.3) is 0 Å². The Balaban J connectivity index is 0.879. The van der Waals surface area contributed by atoms with Crippen molar-refractivity contribution in [3.05, 3.63) is 135 Å². The number of esters is 1. The fourth-order valence-corrected chi connectivity index (χ4v) is 10.4. The predicted molar refractivity (Wildman–Crippen MR) is 250 cm³/mol. The molecule has 6 heterocycles. The molecule has 19 heteroatoms. The molecule has 3 aromatic carbocycles. The summed E-state index contributed by atoms with van der Waals surface area (Å²) in [5, 5.41) is 7.04. The second-order valence-electron chi connectivity index (χ2n) is 17.3. The summed E-state index contributed by atoms with van der Waals surface area (Å²) in [5.74, 6) is 0.384. The van der Waals surface area contributed by atoms with E-state index in [1.807, 2.05) is 54.6 Å². The molecule has 1 N–H and O–H groups in total. The maximum atomic E-state index is 14.2. The van der Waals surface area contributed by atoms with E-state index in [-0.39, 0.29) is 52.9 Å². The standard InChI is InChI=1S/C49H50Cl2F2N6O8S/c1-57-34(28-63-35-9-5-8-33(20-35)44(31-6-3-2-4-7-31)55-49(62)67-43-26-58-16-14-30(43)15-17-58)22-39(56-57)45(60)59-18-19-68-46(59)47(61)65-41(23-36-37(50)24-54-25-38(36)51)32-12-13-40(66-48(52)53)42(21-32)64-27-29-10-11-29/h2-9,12-13,20-22,24-25,29-30,41,43-44,46,48H,10-11,14-19,23,26-28H2,1H3,(H,55,62)/t41-,43-,44-,46-/m0/s1. The number of hydrogen-bond acceptors (Lipinski definition) is 12. The molecule has 0 radical (unpaired) electrons. The number of piperidine rings is 3. The van der Waals surface area contributed by atoms with E-state index in [4.69, 9.17) is 46.9 Å². The molecule has 4 saturated heterocycles. The molecule has 2 aromatic heterocycles. The van der Waals surface area contributed by atoms with Gasteiger partial charge in [0.25, 0.3) is 5.91 Å². The minimum atomic E-state index is -3.09. The van der Waals surface area contributed by atoms with Crippen LogP contribution < -0.4 is 19.5 Å². The van der Waals surface area contributed by atoms with Crippen LogP contribution in [-0.2, 0) is 34.3 Å². The van der Waals surface area contributed by atoms with Gasteiger partial charge in [0.2, 0.25) is 0 Å². The molecule has 4 atom stereocenters. The van der Waals surface area contributed by atoms with Crippen molar-refractivity contribution in [1.29, 1.82) is 0 Å². The summed E-state index contributed by atoms with van der Waals surface area (Å²) in [6, 6.07) is 22.6. The molecule has 1 aliphatic carbocycles. The Bertz CT molecular complexity index is 2580. The molecule has 358 valence electrons. The smallest absolute Gasteiger partial charge is 0.408 e. The molecule has 2 bridgehead atoms. The number of carbonyl (C=O) groups excluding carboxylic acids is 3. The van der Waals surface area contributed by atoms with E-state index in [2.05, 4.69) is 20.3 Å². The van der Waals surface area contributed by atoms with Crippen molar-refractivity contribution in [2.24, 2.45) is 18.9 Å². The number of halogens is 4. The number of ether oxygens (including phenoxy) is 5. The molecular formula is C49H50Cl2F2N6O8S. The van der Waals surface area contributed by atoms with Gasteiger partial charge in [0.05, 0.1) is 28.4 Å². The van der Waals surface area contributed by atoms with E-state index in [9.17, 15) is 23.2 Å². The van der Waals surface area contributed by atoms with Crippen LogP contribution in [-0.4, -0.2) is 99.2 Å². The summed E-state index contributed by atoms with van der Waals surface area (Å²) >= 11 is 14.3. The van der Waals surface area contributed by atoms with Crippen molar-refractivity contribution in [3.63, 3.8) is 0 Å². The number of carbonyl (C=O) groups is 3. The Morgan fingerprint density at radius 3 is 2.35 bits per heavy atom. The minimum absolute atomic E-state index is 0.00337. The number of pyridine rings is 1. The SMILES string of the molecule is Cn1nc(C(=O)N2CCS[C@H]2C(=O)O[C@@H](Cc2c(Cl)cncc2Cl)c2ccc(OC(F)F)c(OCC3CC3)c2)cc1COc1cccc([C@@H](NC(=O)O[C@H]2CN3CCC2CC3)c2ccccc2)c1. The number of aryl methyl sites for hydroxylation is 1. The number of hydrogen-bond donors (Lipinski definition) is 1. The highest BCUT2D eigenvalue weighted by atomic mass is 35.5. The highest BCUT2D eigenvalue weighted by Crippen LogP contribution is 2.39. The van der Waals surface area contributed by atoms with E-state index in [1.54, 1.807) is 17.8 Å². The lowest BCUT2D eigenvalue weighted by Crippen LogP contribution is -2.52. The normalized spacial score (nSPS) is 20.7. The number of rotatable bonds is 18. The van der Waals surface area contributed by atoms with Crippen LogP contribution in [0.3, 0.4) is 0 Å². The fourth-order valence-electron chi connectivity index (χ4n) is 8.81. The largest absolute Gasteiger partial charge is 0.489 e. The third-order valence-electron chi connectivity index (χ3n) is 12.7. The van der Waals surface area contributed by atoms with Gasteiger partial charge < -0.3 is 33.9 Å². The molecule has 0 unspecified atom stereocenters. The second-order valence-corrected chi connectivity index (χ2v) is 19.4. The summed E-state index contributed by atoms with van der Waals surface area (Å²) in [5.41, 5.74) is 3.22.